The molecule has 0 aliphatic heterocycles. The normalized spacial score (nSPS) is 22.7. The lowest BCUT2D eigenvalue weighted by atomic mass is 10.1. The number of anilines is 1. The van der Waals surface area contributed by atoms with Crippen LogP contribution in [0.5, 0.6) is 0 Å². The van der Waals surface area contributed by atoms with Gasteiger partial charge in [-0.2, -0.15) is 5.10 Å². The van der Waals surface area contributed by atoms with Gasteiger partial charge in [-0.05, 0) is 25.2 Å². The van der Waals surface area contributed by atoms with Crippen molar-refractivity contribution < 1.29 is 4.74 Å². The molecule has 19 heavy (non-hydrogen) atoms. The van der Waals surface area contributed by atoms with Gasteiger partial charge in [0.1, 0.15) is 5.02 Å². The second kappa shape index (κ2) is 6.39. The Morgan fingerprint density at radius 2 is 2.37 bits per heavy atom. The summed E-state index contributed by atoms with van der Waals surface area (Å²) >= 11 is 6.12. The maximum atomic E-state index is 12.0. The fraction of sp³-hybridized carbons (Fsp3) is 0.692. The molecule has 0 spiro atoms. The van der Waals surface area contributed by atoms with Crippen LogP contribution in [0.4, 0.5) is 5.69 Å². The maximum absolute atomic E-state index is 12.0. The van der Waals surface area contributed by atoms with E-state index in [1.807, 2.05) is 0 Å². The van der Waals surface area contributed by atoms with Crippen molar-refractivity contribution in [3.63, 3.8) is 0 Å². The largest absolute Gasteiger partial charge is 0.383 e. The van der Waals surface area contributed by atoms with Crippen molar-refractivity contribution in [2.75, 3.05) is 19.0 Å². The van der Waals surface area contributed by atoms with E-state index in [1.54, 1.807) is 13.3 Å². The van der Waals surface area contributed by atoms with Gasteiger partial charge in [0.2, 0.25) is 0 Å². The Balaban J connectivity index is 2.10. The third-order valence-corrected chi connectivity index (χ3v) is 3.91. The van der Waals surface area contributed by atoms with Crippen LogP contribution in [0.3, 0.4) is 0 Å². The van der Waals surface area contributed by atoms with Crippen molar-refractivity contribution in [3.05, 3.63) is 21.6 Å². The highest BCUT2D eigenvalue weighted by Crippen LogP contribution is 2.28. The van der Waals surface area contributed by atoms with Crippen LogP contribution in [0, 0.1) is 5.92 Å². The van der Waals surface area contributed by atoms with Crippen molar-refractivity contribution in [2.45, 2.75) is 38.8 Å². The molecule has 1 fully saturated rings. The van der Waals surface area contributed by atoms with Gasteiger partial charge in [-0.15, -0.1) is 0 Å². The number of nitrogens with one attached hydrogen (secondary N) is 1. The van der Waals surface area contributed by atoms with Crippen molar-refractivity contribution in [1.82, 2.24) is 9.78 Å². The number of methoxy groups -OCH3 is 1. The summed E-state index contributed by atoms with van der Waals surface area (Å²) < 4.78 is 6.26. The lowest BCUT2D eigenvalue weighted by Gasteiger charge is -2.15. The highest BCUT2D eigenvalue weighted by atomic mass is 35.5. The van der Waals surface area contributed by atoms with Crippen LogP contribution in [0.15, 0.2) is 11.0 Å². The van der Waals surface area contributed by atoms with E-state index >= 15 is 0 Å². The quantitative estimate of drug-likeness (QED) is 0.901. The van der Waals surface area contributed by atoms with E-state index in [0.29, 0.717) is 24.9 Å². The Hall–Kier alpha value is -1.07. The van der Waals surface area contributed by atoms with Gasteiger partial charge < -0.3 is 10.1 Å². The minimum atomic E-state index is -0.269. The molecule has 1 aromatic rings. The van der Waals surface area contributed by atoms with Crippen molar-refractivity contribution in [1.29, 1.82) is 0 Å². The number of rotatable bonds is 5. The molecule has 1 aromatic heterocycles. The number of hydrogen-bond donors (Lipinski definition) is 1. The van der Waals surface area contributed by atoms with E-state index in [0.717, 1.165) is 18.8 Å². The molecular weight excluding hydrogens is 266 g/mol. The predicted octanol–water partition coefficient (Wildman–Crippen LogP) is 2.14. The van der Waals surface area contributed by atoms with Crippen LogP contribution in [0.2, 0.25) is 5.02 Å². The van der Waals surface area contributed by atoms with Gasteiger partial charge in [-0.25, -0.2) is 4.68 Å². The molecule has 5 nitrogen and oxygen atoms in total. The summed E-state index contributed by atoms with van der Waals surface area (Å²) in [7, 11) is 1.59. The standard InChI is InChI=1S/C13H20ClN3O2/c1-9-3-4-10(7-9)16-11-8-15-17(5-6-19-2)13(18)12(11)14/h8-10,16H,3-7H2,1-2H3. The van der Waals surface area contributed by atoms with Gasteiger partial charge in [-0.1, -0.05) is 18.5 Å². The van der Waals surface area contributed by atoms with Crippen molar-refractivity contribution >= 4 is 17.3 Å². The van der Waals surface area contributed by atoms with Crippen LogP contribution in [-0.2, 0) is 11.3 Å². The van der Waals surface area contributed by atoms with Crippen molar-refractivity contribution in [2.24, 2.45) is 5.92 Å². The van der Waals surface area contributed by atoms with Gasteiger partial charge in [0.25, 0.3) is 5.56 Å². The molecule has 1 aliphatic rings. The van der Waals surface area contributed by atoms with E-state index in [4.69, 9.17) is 16.3 Å². The highest BCUT2D eigenvalue weighted by Gasteiger charge is 2.22. The molecule has 1 aliphatic carbocycles. The molecule has 1 saturated carbocycles. The molecule has 0 bridgehead atoms. The minimum Gasteiger partial charge on any atom is -0.383 e. The minimum absolute atomic E-state index is 0.214. The first-order chi connectivity index (χ1) is 9.11. The highest BCUT2D eigenvalue weighted by molar-refractivity contribution is 6.32. The second-order valence-electron chi connectivity index (χ2n) is 5.15. The number of ether oxygens (including phenoxy) is 1. The Morgan fingerprint density at radius 3 is 3.00 bits per heavy atom. The lowest BCUT2D eigenvalue weighted by molar-refractivity contribution is 0.182. The van der Waals surface area contributed by atoms with Gasteiger partial charge >= 0.3 is 0 Å². The van der Waals surface area contributed by atoms with Gasteiger partial charge in [-0.3, -0.25) is 4.79 Å². The predicted molar refractivity (Wildman–Crippen MR) is 75.8 cm³/mol. The zero-order valence-corrected chi connectivity index (χ0v) is 12.1. The maximum Gasteiger partial charge on any atom is 0.287 e. The first kappa shape index (κ1) is 14.3. The second-order valence-corrected chi connectivity index (χ2v) is 5.53. The van der Waals surface area contributed by atoms with E-state index in [2.05, 4.69) is 17.3 Å². The zero-order chi connectivity index (χ0) is 13.8. The molecule has 106 valence electrons. The fourth-order valence-electron chi connectivity index (χ4n) is 2.46. The summed E-state index contributed by atoms with van der Waals surface area (Å²) in [5, 5.41) is 7.65. The number of hydrogen-bond acceptors (Lipinski definition) is 4. The Bertz CT molecular complexity index is 489. The van der Waals surface area contributed by atoms with Crippen LogP contribution in [-0.4, -0.2) is 29.5 Å². The molecule has 1 heterocycles. The molecule has 2 unspecified atom stereocenters. The van der Waals surface area contributed by atoms with E-state index in [9.17, 15) is 4.79 Å². The zero-order valence-electron chi connectivity index (χ0n) is 11.4. The van der Waals surface area contributed by atoms with Gasteiger partial charge in [0.05, 0.1) is 25.0 Å². The molecule has 0 amide bonds. The van der Waals surface area contributed by atoms with E-state index in [1.165, 1.54) is 11.1 Å². The number of aromatic nitrogens is 2. The SMILES string of the molecule is COCCn1ncc(NC2CCC(C)C2)c(Cl)c1=O. The third kappa shape index (κ3) is 3.48. The number of halogens is 1. The molecule has 2 atom stereocenters. The molecular formula is C13H20ClN3O2. The van der Waals surface area contributed by atoms with Crippen LogP contribution >= 0.6 is 11.6 Å². The first-order valence-corrected chi connectivity index (χ1v) is 7.00. The van der Waals surface area contributed by atoms with E-state index < -0.39 is 0 Å². The topological polar surface area (TPSA) is 56.1 Å². The molecule has 2 rings (SSSR count). The van der Waals surface area contributed by atoms with Gasteiger partial charge in [0.15, 0.2) is 0 Å². The Morgan fingerprint density at radius 1 is 1.58 bits per heavy atom. The summed E-state index contributed by atoms with van der Waals surface area (Å²) in [6.45, 7) is 3.09. The monoisotopic (exact) mass is 285 g/mol. The number of nitrogens with zero attached hydrogens (tertiary/aromatic N) is 2. The summed E-state index contributed by atoms with van der Waals surface area (Å²) in [6, 6.07) is 0.392. The molecule has 0 saturated heterocycles. The molecule has 0 aromatic carbocycles. The van der Waals surface area contributed by atoms with Crippen molar-refractivity contribution in [3.8, 4) is 0 Å². The Kier molecular flexibility index (Phi) is 4.82. The molecule has 1 N–H and O–H groups in total. The summed E-state index contributed by atoms with van der Waals surface area (Å²) in [6.07, 6.45) is 5.07. The average Bonchev–Trinajstić information content (AvgIpc) is 2.80. The first-order valence-electron chi connectivity index (χ1n) is 6.63. The summed E-state index contributed by atoms with van der Waals surface area (Å²) in [5.74, 6) is 0.728. The molecule has 0 radical (unpaired) electrons. The van der Waals surface area contributed by atoms with Gasteiger partial charge in [0, 0.05) is 13.2 Å². The van der Waals surface area contributed by atoms with Crippen LogP contribution in [0.25, 0.3) is 0 Å². The third-order valence-electron chi connectivity index (χ3n) is 3.55. The summed E-state index contributed by atoms with van der Waals surface area (Å²) in [4.78, 5) is 12.0. The van der Waals surface area contributed by atoms with E-state index in [-0.39, 0.29) is 10.6 Å². The fourth-order valence-corrected chi connectivity index (χ4v) is 2.66. The van der Waals surface area contributed by atoms with Crippen LogP contribution in [0.1, 0.15) is 26.2 Å². The Labute approximate surface area is 117 Å². The molecule has 6 heteroatoms. The lowest BCUT2D eigenvalue weighted by Crippen LogP contribution is -2.27. The summed E-state index contributed by atoms with van der Waals surface area (Å²) in [5.41, 5.74) is 0.370. The van der Waals surface area contributed by atoms with Crippen LogP contribution < -0.4 is 10.9 Å². The smallest absolute Gasteiger partial charge is 0.287 e. The average molecular weight is 286 g/mol.